The van der Waals surface area contributed by atoms with E-state index in [-0.39, 0.29) is 18.1 Å². The molecule has 0 fully saturated rings. The summed E-state index contributed by atoms with van der Waals surface area (Å²) in [5.41, 5.74) is 0.272. The van der Waals surface area contributed by atoms with E-state index >= 15 is 0 Å². The van der Waals surface area contributed by atoms with E-state index in [1.165, 1.54) is 6.07 Å². The van der Waals surface area contributed by atoms with Gasteiger partial charge in [0.1, 0.15) is 11.9 Å². The zero-order valence-corrected chi connectivity index (χ0v) is 19.9. The van der Waals surface area contributed by atoms with Crippen LogP contribution in [0, 0.1) is 5.41 Å². The minimum absolute atomic E-state index is 0.0348. The monoisotopic (exact) mass is 481 g/mol. The van der Waals surface area contributed by atoms with Crippen molar-refractivity contribution in [1.29, 1.82) is 0 Å². The number of hydrogen-bond acceptors (Lipinski definition) is 7. The molecule has 0 aliphatic heterocycles. The molecule has 0 saturated carbocycles. The zero-order valence-electron chi connectivity index (χ0n) is 19.0. The minimum atomic E-state index is -0.906. The van der Waals surface area contributed by atoms with E-state index < -0.39 is 29.5 Å². The molecule has 0 heterocycles. The second kappa shape index (κ2) is 11.1. The molecule has 0 spiro atoms. The molecule has 1 atom stereocenters. The van der Waals surface area contributed by atoms with Crippen LogP contribution in [0.2, 0.25) is 0 Å². The van der Waals surface area contributed by atoms with Crippen molar-refractivity contribution in [3.63, 3.8) is 0 Å². The fourth-order valence-corrected chi connectivity index (χ4v) is 3.77. The number of nitrogens with one attached hydrogen (secondary N) is 1. The molecular formula is C26H27NO6S. The molecule has 0 radical (unpaired) electrons. The Morgan fingerprint density at radius 3 is 2.29 bits per heavy atom. The molecule has 7 nitrogen and oxygen atoms in total. The second-order valence-electron chi connectivity index (χ2n) is 8.44. The van der Waals surface area contributed by atoms with Gasteiger partial charge in [0.2, 0.25) is 0 Å². The SMILES string of the molecule is CC(C)(CCOC(=O)CS)[C@@H](OC(=O)NC(=O)c1ccccc1)c1ccc(O)c2ccccc12. The third-order valence-electron chi connectivity index (χ3n) is 5.54. The first-order valence-corrected chi connectivity index (χ1v) is 11.4. The van der Waals surface area contributed by atoms with Crippen LogP contribution in [-0.2, 0) is 14.3 Å². The number of imide groups is 1. The smallest absolute Gasteiger partial charge is 0.414 e. The zero-order chi connectivity index (χ0) is 24.7. The van der Waals surface area contributed by atoms with Crippen LogP contribution < -0.4 is 5.32 Å². The number of amides is 2. The van der Waals surface area contributed by atoms with Crippen molar-refractivity contribution in [3.8, 4) is 5.75 Å². The number of phenols is 1. The molecule has 0 aromatic heterocycles. The lowest BCUT2D eigenvalue weighted by molar-refractivity contribution is -0.141. The molecule has 3 rings (SSSR count). The fraction of sp³-hybridized carbons (Fsp3) is 0.269. The summed E-state index contributed by atoms with van der Waals surface area (Å²) >= 11 is 3.91. The molecule has 0 bridgehead atoms. The molecule has 0 unspecified atom stereocenters. The Balaban J connectivity index is 1.91. The molecule has 2 N–H and O–H groups in total. The van der Waals surface area contributed by atoms with Crippen LogP contribution in [0.15, 0.2) is 66.7 Å². The van der Waals surface area contributed by atoms with Crippen LogP contribution in [0.1, 0.15) is 42.3 Å². The topological polar surface area (TPSA) is 102 Å². The van der Waals surface area contributed by atoms with E-state index in [9.17, 15) is 19.5 Å². The van der Waals surface area contributed by atoms with E-state index in [4.69, 9.17) is 9.47 Å². The first-order valence-electron chi connectivity index (χ1n) is 10.8. The predicted molar refractivity (Wildman–Crippen MR) is 132 cm³/mol. The van der Waals surface area contributed by atoms with Gasteiger partial charge >= 0.3 is 12.1 Å². The van der Waals surface area contributed by atoms with E-state index in [0.717, 1.165) is 0 Å². The summed E-state index contributed by atoms with van der Waals surface area (Å²) in [5.74, 6) is -0.965. The average Bonchev–Trinajstić information content (AvgIpc) is 2.83. The van der Waals surface area contributed by atoms with Crippen LogP contribution in [0.25, 0.3) is 10.8 Å². The molecule has 178 valence electrons. The van der Waals surface area contributed by atoms with E-state index in [1.54, 1.807) is 48.5 Å². The van der Waals surface area contributed by atoms with Gasteiger partial charge < -0.3 is 14.6 Å². The largest absolute Gasteiger partial charge is 0.507 e. The summed E-state index contributed by atoms with van der Waals surface area (Å²) in [5, 5.41) is 13.9. The summed E-state index contributed by atoms with van der Waals surface area (Å²) in [6.45, 7) is 3.85. The Morgan fingerprint density at radius 2 is 1.62 bits per heavy atom. The van der Waals surface area contributed by atoms with Crippen molar-refractivity contribution in [2.75, 3.05) is 12.4 Å². The number of rotatable bonds is 8. The number of benzene rings is 3. The number of hydrogen-bond donors (Lipinski definition) is 3. The lowest BCUT2D eigenvalue weighted by Crippen LogP contribution is -2.36. The van der Waals surface area contributed by atoms with E-state index in [2.05, 4.69) is 17.9 Å². The summed E-state index contributed by atoms with van der Waals surface area (Å²) in [4.78, 5) is 36.8. The molecule has 2 amide bonds. The molecule has 0 aliphatic carbocycles. The highest BCUT2D eigenvalue weighted by Crippen LogP contribution is 2.43. The van der Waals surface area contributed by atoms with Gasteiger partial charge in [-0.05, 0) is 30.0 Å². The number of phenolic OH excluding ortho intramolecular Hbond substituents is 1. The van der Waals surface area contributed by atoms with Crippen LogP contribution in [-0.4, -0.2) is 35.4 Å². The first kappa shape index (κ1) is 25.1. The van der Waals surface area contributed by atoms with Crippen molar-refractivity contribution in [1.82, 2.24) is 5.32 Å². The van der Waals surface area contributed by atoms with E-state index in [1.807, 2.05) is 26.0 Å². The van der Waals surface area contributed by atoms with Gasteiger partial charge in [-0.25, -0.2) is 4.79 Å². The summed E-state index contributed by atoms with van der Waals surface area (Å²) in [7, 11) is 0. The number of fused-ring (bicyclic) bond motifs is 1. The van der Waals surface area contributed by atoms with Gasteiger partial charge in [0.05, 0.1) is 12.4 Å². The number of aromatic hydroxyl groups is 1. The number of ether oxygens (including phenoxy) is 2. The van der Waals surface area contributed by atoms with Crippen molar-refractivity contribution >= 4 is 41.4 Å². The predicted octanol–water partition coefficient (Wildman–Crippen LogP) is 5.04. The third kappa shape index (κ3) is 6.08. The van der Waals surface area contributed by atoms with Crippen LogP contribution in [0.5, 0.6) is 5.75 Å². The van der Waals surface area contributed by atoms with Crippen LogP contribution >= 0.6 is 12.6 Å². The Morgan fingerprint density at radius 1 is 0.971 bits per heavy atom. The fourth-order valence-electron chi connectivity index (χ4n) is 3.67. The van der Waals surface area contributed by atoms with Gasteiger partial charge in [0.25, 0.3) is 5.91 Å². The lowest BCUT2D eigenvalue weighted by Gasteiger charge is -2.34. The Labute approximate surface area is 203 Å². The van der Waals surface area contributed by atoms with Gasteiger partial charge in [-0.1, -0.05) is 62.4 Å². The minimum Gasteiger partial charge on any atom is -0.507 e. The molecule has 3 aromatic carbocycles. The standard InChI is InChI=1S/C26H27NO6S/c1-26(2,14-15-32-22(29)16-34)23(20-12-13-21(28)19-11-7-6-10-18(19)20)33-25(31)27-24(30)17-8-4-3-5-9-17/h3-13,23,28,34H,14-16H2,1-2H3,(H,27,30,31)/t23-/m0/s1. The Hall–Kier alpha value is -3.52. The maximum Gasteiger partial charge on any atom is 0.414 e. The van der Waals surface area contributed by atoms with Gasteiger partial charge in [-0.3, -0.25) is 14.9 Å². The van der Waals surface area contributed by atoms with Gasteiger partial charge in [0.15, 0.2) is 0 Å². The maximum absolute atomic E-state index is 12.8. The number of carbonyl (C=O) groups is 3. The van der Waals surface area contributed by atoms with Crippen molar-refractivity contribution < 1.29 is 29.0 Å². The highest BCUT2D eigenvalue weighted by atomic mass is 32.1. The number of alkyl carbamates (subject to hydrolysis) is 1. The Kier molecular flexibility index (Phi) is 8.17. The van der Waals surface area contributed by atoms with Gasteiger partial charge in [0, 0.05) is 21.9 Å². The quantitative estimate of drug-likeness (QED) is 0.308. The van der Waals surface area contributed by atoms with Crippen molar-refractivity contribution in [2.24, 2.45) is 5.41 Å². The third-order valence-corrected chi connectivity index (χ3v) is 5.80. The number of carbonyl (C=O) groups excluding carboxylic acids is 3. The maximum atomic E-state index is 12.8. The molecule has 0 saturated heterocycles. The molecule has 34 heavy (non-hydrogen) atoms. The normalized spacial score (nSPS) is 12.1. The van der Waals surface area contributed by atoms with Crippen molar-refractivity contribution in [2.45, 2.75) is 26.4 Å². The van der Waals surface area contributed by atoms with Crippen LogP contribution in [0.4, 0.5) is 4.79 Å². The summed E-state index contributed by atoms with van der Waals surface area (Å²) in [6, 6.07) is 18.8. The second-order valence-corrected chi connectivity index (χ2v) is 8.76. The number of esters is 1. The van der Waals surface area contributed by atoms with Gasteiger partial charge in [-0.15, -0.1) is 0 Å². The first-order chi connectivity index (χ1) is 16.2. The molecule has 0 aliphatic rings. The average molecular weight is 482 g/mol. The summed E-state index contributed by atoms with van der Waals surface area (Å²) in [6.07, 6.45) is -1.36. The van der Waals surface area contributed by atoms with E-state index in [0.29, 0.717) is 28.3 Å². The molecular weight excluding hydrogens is 454 g/mol. The Bertz CT molecular complexity index is 1180. The molecule has 3 aromatic rings. The number of thiol groups is 1. The highest BCUT2D eigenvalue weighted by molar-refractivity contribution is 7.81. The lowest BCUT2D eigenvalue weighted by atomic mass is 9.78. The van der Waals surface area contributed by atoms with Crippen molar-refractivity contribution in [3.05, 3.63) is 77.9 Å². The van der Waals surface area contributed by atoms with Gasteiger partial charge in [-0.2, -0.15) is 12.6 Å². The highest BCUT2D eigenvalue weighted by Gasteiger charge is 2.36. The van der Waals surface area contributed by atoms with Crippen LogP contribution in [0.3, 0.4) is 0 Å². The molecule has 8 heteroatoms. The summed E-state index contributed by atoms with van der Waals surface area (Å²) < 4.78 is 11.0.